The number of aromatic nitrogens is 4. The van der Waals surface area contributed by atoms with Crippen LogP contribution in [-0.4, -0.2) is 69.2 Å². The number of benzene rings is 1. The molecule has 54 heavy (non-hydrogen) atoms. The lowest BCUT2D eigenvalue weighted by Crippen LogP contribution is -2.41. The van der Waals surface area contributed by atoms with Gasteiger partial charge in [-0.2, -0.15) is 9.61 Å². The summed E-state index contributed by atoms with van der Waals surface area (Å²) >= 11 is 1.52. The number of thiazole rings is 1. The van der Waals surface area contributed by atoms with Crippen molar-refractivity contribution in [1.29, 1.82) is 0 Å². The summed E-state index contributed by atoms with van der Waals surface area (Å²) < 4.78 is 41.1. The van der Waals surface area contributed by atoms with Gasteiger partial charge in [0.15, 0.2) is 11.8 Å². The second-order valence-electron chi connectivity index (χ2n) is 17.0. The molecule has 2 saturated heterocycles. The predicted octanol–water partition coefficient (Wildman–Crippen LogP) is 8.18. The highest BCUT2D eigenvalue weighted by Gasteiger charge is 2.52. The van der Waals surface area contributed by atoms with Crippen LogP contribution in [0.4, 0.5) is 10.2 Å². The van der Waals surface area contributed by atoms with Gasteiger partial charge in [-0.05, 0) is 117 Å². The molecule has 1 aromatic carbocycles. The number of piperidine rings is 1. The van der Waals surface area contributed by atoms with Crippen molar-refractivity contribution in [2.75, 3.05) is 24.6 Å². The number of halogens is 1. The number of ether oxygens (including phenoxy) is 2. The Morgan fingerprint density at radius 1 is 1.13 bits per heavy atom. The van der Waals surface area contributed by atoms with Crippen LogP contribution in [0, 0.1) is 18.2 Å². The number of rotatable bonds is 12. The fourth-order valence-electron chi connectivity index (χ4n) is 7.20. The van der Waals surface area contributed by atoms with Crippen molar-refractivity contribution >= 4 is 41.4 Å². The second-order valence-corrected chi connectivity index (χ2v) is 18.1. The molecule has 0 N–H and O–H groups in total. The lowest BCUT2D eigenvalue weighted by molar-refractivity contribution is -0.166. The maximum Gasteiger partial charge on any atom is 0.495 e. The predicted molar refractivity (Wildman–Crippen MR) is 213 cm³/mol. The van der Waals surface area contributed by atoms with Gasteiger partial charge in [0, 0.05) is 42.3 Å². The minimum Gasteiger partial charge on any atom is -0.464 e. The summed E-state index contributed by atoms with van der Waals surface area (Å²) in [5.41, 5.74) is 2.67. The van der Waals surface area contributed by atoms with Crippen molar-refractivity contribution in [2.45, 2.75) is 124 Å². The fraction of sp³-hybridized carbons (Fsp3) is 0.561. The summed E-state index contributed by atoms with van der Waals surface area (Å²) in [4.78, 5) is 26.7. The van der Waals surface area contributed by atoms with Gasteiger partial charge in [0.05, 0.1) is 29.0 Å². The van der Waals surface area contributed by atoms with E-state index in [1.807, 2.05) is 78.2 Å². The van der Waals surface area contributed by atoms with Crippen LogP contribution >= 0.6 is 11.3 Å². The summed E-state index contributed by atoms with van der Waals surface area (Å²) in [6.07, 6.45) is 7.37. The molecule has 3 aromatic heterocycles. The first-order valence-corrected chi connectivity index (χ1v) is 19.8. The summed E-state index contributed by atoms with van der Waals surface area (Å²) in [5, 5.41) is 5.85. The molecule has 0 amide bonds. The largest absolute Gasteiger partial charge is 0.495 e. The van der Waals surface area contributed by atoms with E-state index in [1.165, 1.54) is 23.5 Å². The number of hydrogen-bond donors (Lipinski definition) is 0. The van der Waals surface area contributed by atoms with Gasteiger partial charge < -0.3 is 23.7 Å². The average molecular weight is 760 g/mol. The van der Waals surface area contributed by atoms with Gasteiger partial charge in [-0.3, -0.25) is 0 Å². The van der Waals surface area contributed by atoms with Crippen LogP contribution in [0.2, 0.25) is 0 Å². The van der Waals surface area contributed by atoms with Gasteiger partial charge in [-0.25, -0.2) is 19.2 Å². The summed E-state index contributed by atoms with van der Waals surface area (Å²) in [5.74, 6) is -0.0142. The fourth-order valence-corrected chi connectivity index (χ4v) is 8.09. The lowest BCUT2D eigenvalue weighted by atomic mass is 9.75. The zero-order chi connectivity index (χ0) is 39.2. The van der Waals surface area contributed by atoms with Gasteiger partial charge in [0.25, 0.3) is 0 Å². The molecule has 0 radical (unpaired) electrons. The normalized spacial score (nSPS) is 18.6. The quantitative estimate of drug-likeness (QED) is 0.0805. The zero-order valence-electron chi connectivity index (χ0n) is 33.5. The Kier molecular flexibility index (Phi) is 11.2. The first kappa shape index (κ1) is 40.0. The topological polar surface area (TPSA) is 100 Å². The molecule has 13 heteroatoms. The van der Waals surface area contributed by atoms with Gasteiger partial charge in [-0.1, -0.05) is 19.1 Å². The van der Waals surface area contributed by atoms with Gasteiger partial charge in [0.2, 0.25) is 0 Å². The number of esters is 1. The van der Waals surface area contributed by atoms with Crippen molar-refractivity contribution in [3.8, 4) is 10.7 Å². The van der Waals surface area contributed by atoms with E-state index in [1.54, 1.807) is 13.0 Å². The number of hydrogen-bond acceptors (Lipinski definition) is 10. The van der Waals surface area contributed by atoms with Crippen molar-refractivity contribution in [3.05, 3.63) is 70.6 Å². The molecule has 5 heterocycles. The number of carbonyl (C=O) groups excluding carboxylic acids is 1. The Morgan fingerprint density at radius 3 is 2.44 bits per heavy atom. The van der Waals surface area contributed by atoms with Gasteiger partial charge >= 0.3 is 13.1 Å². The van der Waals surface area contributed by atoms with Crippen LogP contribution in [0.5, 0.6) is 0 Å². The SMILES string of the molecule is C=CCCC1(C)CCN(c2c(C(OC(C)(C)C)C(=O)OCC)c(C)nc3cc(-c4ncc(Cc5ccc(F)cc5B5OC(C)(C)C(C)(C)O5)s4)nn23)CC1. The monoisotopic (exact) mass is 759 g/mol. The van der Waals surface area contributed by atoms with Crippen molar-refractivity contribution in [2.24, 2.45) is 5.41 Å². The van der Waals surface area contributed by atoms with E-state index < -0.39 is 36.0 Å². The van der Waals surface area contributed by atoms with E-state index in [-0.39, 0.29) is 17.8 Å². The maximum absolute atomic E-state index is 14.6. The molecule has 1 atom stereocenters. The van der Waals surface area contributed by atoms with Gasteiger partial charge in [-0.15, -0.1) is 17.9 Å². The van der Waals surface area contributed by atoms with Crippen LogP contribution in [0.25, 0.3) is 16.3 Å². The first-order chi connectivity index (χ1) is 25.3. The molecule has 290 valence electrons. The number of carbonyl (C=O) groups is 1. The first-order valence-electron chi connectivity index (χ1n) is 19.0. The molecule has 2 aliphatic rings. The van der Waals surface area contributed by atoms with Gasteiger partial charge in [0.1, 0.15) is 22.3 Å². The van der Waals surface area contributed by atoms with Crippen LogP contribution in [0.15, 0.2) is 43.1 Å². The molecule has 0 aliphatic carbocycles. The van der Waals surface area contributed by atoms with E-state index in [2.05, 4.69) is 18.4 Å². The van der Waals surface area contributed by atoms with Crippen molar-refractivity contribution in [3.63, 3.8) is 0 Å². The van der Waals surface area contributed by atoms with E-state index in [4.69, 9.17) is 33.8 Å². The molecule has 10 nitrogen and oxygen atoms in total. The smallest absolute Gasteiger partial charge is 0.464 e. The number of nitrogens with zero attached hydrogens (tertiary/aromatic N) is 5. The van der Waals surface area contributed by atoms with E-state index in [9.17, 15) is 9.18 Å². The number of aryl methyl sites for hydroxylation is 1. The Balaban J connectivity index is 1.38. The van der Waals surface area contributed by atoms with E-state index >= 15 is 0 Å². The molecule has 1 unspecified atom stereocenters. The summed E-state index contributed by atoms with van der Waals surface area (Å²) in [6.45, 7) is 25.6. The summed E-state index contributed by atoms with van der Waals surface area (Å²) in [7, 11) is -0.691. The summed E-state index contributed by atoms with van der Waals surface area (Å²) in [6, 6.07) is 6.71. The van der Waals surface area contributed by atoms with E-state index in [0.717, 1.165) is 60.0 Å². The average Bonchev–Trinajstić information content (AvgIpc) is 3.78. The minimum absolute atomic E-state index is 0.188. The number of anilines is 1. The molecule has 6 rings (SSSR count). The Bertz CT molecular complexity index is 2000. The molecule has 0 bridgehead atoms. The van der Waals surface area contributed by atoms with Crippen LogP contribution in [-0.2, 0) is 30.0 Å². The molecule has 0 saturated carbocycles. The highest BCUT2D eigenvalue weighted by Crippen LogP contribution is 2.42. The third-order valence-electron chi connectivity index (χ3n) is 11.0. The molecular weight excluding hydrogens is 704 g/mol. The third-order valence-corrected chi connectivity index (χ3v) is 12.0. The second kappa shape index (κ2) is 15.1. The van der Waals surface area contributed by atoms with Crippen LogP contribution in [0.3, 0.4) is 0 Å². The molecule has 2 aliphatic heterocycles. The van der Waals surface area contributed by atoms with Crippen molar-refractivity contribution in [1.82, 2.24) is 19.6 Å². The molecule has 0 spiro atoms. The van der Waals surface area contributed by atoms with Crippen LogP contribution in [0.1, 0.15) is 116 Å². The molecule has 2 fully saturated rings. The van der Waals surface area contributed by atoms with Crippen LogP contribution < -0.4 is 10.4 Å². The number of allylic oxidation sites excluding steroid dienone is 1. The molecular formula is C41H55BFN5O5S. The highest BCUT2D eigenvalue weighted by atomic mass is 32.1. The highest BCUT2D eigenvalue weighted by molar-refractivity contribution is 7.15. The Hall–Kier alpha value is -3.65. The standard InChI is InChI=1S/C41H55BFN5O5S/c1-12-14-17-41(11)18-20-47(21-19-41)36-33(34(37(49)50-13-2)51-38(4,5)6)26(3)45-32-24-31(46-48(32)36)35-44-25-29(54-35)22-27-15-16-28(43)23-30(27)42-52-39(7,8)40(9,10)53-42/h12,15-16,23-25,34H,1,13-14,17-22H2,2-11H3. The zero-order valence-corrected chi connectivity index (χ0v) is 34.4. The Labute approximate surface area is 323 Å². The maximum atomic E-state index is 14.6. The van der Waals surface area contributed by atoms with Crippen molar-refractivity contribution < 1.29 is 28.0 Å². The van der Waals surface area contributed by atoms with E-state index in [0.29, 0.717) is 34.5 Å². The lowest BCUT2D eigenvalue weighted by Gasteiger charge is -2.41. The number of fused-ring (bicyclic) bond motifs is 1. The third kappa shape index (κ3) is 8.29. The molecule has 4 aromatic rings. The Morgan fingerprint density at radius 2 is 1.81 bits per heavy atom. The minimum atomic E-state index is -1.00.